The van der Waals surface area contributed by atoms with Crippen molar-refractivity contribution in [1.29, 1.82) is 0 Å². The fourth-order valence-corrected chi connectivity index (χ4v) is 3.35. The van der Waals surface area contributed by atoms with Gasteiger partial charge in [-0.05, 0) is 45.1 Å². The van der Waals surface area contributed by atoms with Gasteiger partial charge in [0.1, 0.15) is 0 Å². The van der Waals surface area contributed by atoms with Crippen molar-refractivity contribution < 1.29 is 14.7 Å². The molecule has 0 atom stereocenters. The van der Waals surface area contributed by atoms with Crippen LogP contribution in [0.1, 0.15) is 36.0 Å². The highest BCUT2D eigenvalue weighted by atomic mass is 35.5. The molecule has 1 amide bonds. The fraction of sp³-hybridized carbons (Fsp3) is 0.556. The van der Waals surface area contributed by atoms with Gasteiger partial charge in [0.05, 0.1) is 17.1 Å². The van der Waals surface area contributed by atoms with Crippen LogP contribution in [0.3, 0.4) is 0 Å². The number of carboxylic acids is 1. The second kappa shape index (κ2) is 9.17. The van der Waals surface area contributed by atoms with Crippen molar-refractivity contribution in [2.45, 2.75) is 31.7 Å². The summed E-state index contributed by atoms with van der Waals surface area (Å²) in [6.07, 6.45) is 5.16. The Hall–Kier alpha value is -1.63. The first kappa shape index (κ1) is 19.7. The number of carbonyl (C=O) groups is 2. The van der Waals surface area contributed by atoms with Gasteiger partial charge in [0, 0.05) is 24.8 Å². The predicted octanol–water partition coefficient (Wildman–Crippen LogP) is 2.78. The number of benzene rings is 1. The number of halogens is 1. The Morgan fingerprint density at radius 1 is 1.24 bits per heavy atom. The molecule has 1 fully saturated rings. The van der Waals surface area contributed by atoms with Crippen LogP contribution >= 0.6 is 11.6 Å². The first-order chi connectivity index (χ1) is 11.9. The number of aromatic carboxylic acids is 1. The van der Waals surface area contributed by atoms with Crippen LogP contribution in [0.2, 0.25) is 5.02 Å². The molecule has 1 aliphatic carbocycles. The third kappa shape index (κ3) is 5.99. The molecule has 0 aromatic heterocycles. The first-order valence-electron chi connectivity index (χ1n) is 8.58. The number of amides is 1. The summed E-state index contributed by atoms with van der Waals surface area (Å²) >= 11 is 5.83. The topological polar surface area (TPSA) is 72.9 Å². The maximum atomic E-state index is 12.1. The van der Waals surface area contributed by atoms with E-state index in [0.29, 0.717) is 11.7 Å². The van der Waals surface area contributed by atoms with Crippen molar-refractivity contribution in [3.8, 4) is 0 Å². The van der Waals surface area contributed by atoms with E-state index < -0.39 is 5.97 Å². The Morgan fingerprint density at radius 2 is 1.92 bits per heavy atom. The summed E-state index contributed by atoms with van der Waals surface area (Å²) in [6, 6.07) is 5.11. The van der Waals surface area contributed by atoms with Crippen LogP contribution in [0.15, 0.2) is 18.2 Å². The summed E-state index contributed by atoms with van der Waals surface area (Å²) in [5.41, 5.74) is 0.411. The lowest BCUT2D eigenvalue weighted by Gasteiger charge is -2.26. The van der Waals surface area contributed by atoms with E-state index in [1.807, 2.05) is 11.9 Å². The largest absolute Gasteiger partial charge is 0.478 e. The molecule has 25 heavy (non-hydrogen) atoms. The van der Waals surface area contributed by atoms with Gasteiger partial charge in [0.2, 0.25) is 5.91 Å². The van der Waals surface area contributed by atoms with E-state index in [4.69, 9.17) is 16.7 Å². The normalized spacial score (nSPS) is 15.1. The van der Waals surface area contributed by atoms with Crippen LogP contribution in [0.25, 0.3) is 0 Å². The van der Waals surface area contributed by atoms with Crippen LogP contribution in [0, 0.1) is 0 Å². The van der Waals surface area contributed by atoms with Gasteiger partial charge in [-0.25, -0.2) is 4.79 Å². The van der Waals surface area contributed by atoms with Gasteiger partial charge in [-0.15, -0.1) is 0 Å². The molecular formula is C18H26ClN3O3. The maximum Gasteiger partial charge on any atom is 0.337 e. The Balaban J connectivity index is 1.79. The van der Waals surface area contributed by atoms with Gasteiger partial charge in [-0.2, -0.15) is 0 Å². The zero-order valence-corrected chi connectivity index (χ0v) is 15.6. The van der Waals surface area contributed by atoms with E-state index in [9.17, 15) is 9.59 Å². The number of likely N-dealkylation sites (N-methyl/N-ethyl adjacent to an activating group) is 2. The summed E-state index contributed by atoms with van der Waals surface area (Å²) in [6.45, 7) is 1.99. The van der Waals surface area contributed by atoms with Gasteiger partial charge in [0.25, 0.3) is 0 Å². The van der Waals surface area contributed by atoms with Crippen molar-refractivity contribution in [2.24, 2.45) is 0 Å². The molecule has 1 aliphatic rings. The molecule has 1 saturated carbocycles. The van der Waals surface area contributed by atoms with Crippen LogP contribution < -0.4 is 5.32 Å². The highest BCUT2D eigenvalue weighted by molar-refractivity contribution is 6.33. The Bertz CT molecular complexity index is 618. The van der Waals surface area contributed by atoms with Crippen LogP contribution in [-0.4, -0.2) is 66.6 Å². The standard InChI is InChI=1S/C18H26ClN3O3/c1-21(9-10-22(2)14-5-3-4-6-14)12-17(23)20-13-7-8-16(19)15(11-13)18(24)25/h7-8,11,14H,3-6,9-10,12H2,1-2H3,(H,20,23)(H,24,25). The van der Waals surface area contributed by atoms with E-state index in [1.165, 1.54) is 37.8 Å². The lowest BCUT2D eigenvalue weighted by Crippen LogP contribution is -2.38. The Labute approximate surface area is 153 Å². The number of hydrogen-bond donors (Lipinski definition) is 2. The second-order valence-electron chi connectivity index (χ2n) is 6.70. The Kier molecular flexibility index (Phi) is 7.23. The fourth-order valence-electron chi connectivity index (χ4n) is 3.15. The molecule has 6 nitrogen and oxygen atoms in total. The van der Waals surface area contributed by atoms with E-state index in [1.54, 1.807) is 6.07 Å². The molecule has 1 aromatic rings. The molecule has 2 rings (SSSR count). The molecule has 0 spiro atoms. The molecule has 1 aromatic carbocycles. The number of hydrogen-bond acceptors (Lipinski definition) is 4. The van der Waals surface area contributed by atoms with Gasteiger partial charge in [0.15, 0.2) is 0 Å². The van der Waals surface area contributed by atoms with Gasteiger partial charge in [-0.1, -0.05) is 24.4 Å². The molecule has 138 valence electrons. The van der Waals surface area contributed by atoms with Crippen LogP contribution in [0.5, 0.6) is 0 Å². The average Bonchev–Trinajstić information content (AvgIpc) is 3.08. The zero-order valence-electron chi connectivity index (χ0n) is 14.8. The SMILES string of the molecule is CN(CCN(C)C1CCCC1)CC(=O)Nc1ccc(Cl)c(C(=O)O)c1. The number of rotatable bonds is 8. The molecule has 0 aliphatic heterocycles. The minimum Gasteiger partial charge on any atom is -0.478 e. The van der Waals surface area contributed by atoms with Crippen molar-refractivity contribution >= 4 is 29.2 Å². The van der Waals surface area contributed by atoms with Crippen LogP contribution in [0.4, 0.5) is 5.69 Å². The smallest absolute Gasteiger partial charge is 0.337 e. The molecular weight excluding hydrogens is 342 g/mol. The molecule has 0 radical (unpaired) electrons. The van der Waals surface area contributed by atoms with Crippen molar-refractivity contribution in [3.05, 3.63) is 28.8 Å². The minimum atomic E-state index is -1.12. The lowest BCUT2D eigenvalue weighted by molar-refractivity contribution is -0.117. The van der Waals surface area contributed by atoms with Crippen molar-refractivity contribution in [3.63, 3.8) is 0 Å². The highest BCUT2D eigenvalue weighted by Crippen LogP contribution is 2.22. The summed E-state index contributed by atoms with van der Waals surface area (Å²) in [7, 11) is 4.05. The summed E-state index contributed by atoms with van der Waals surface area (Å²) in [4.78, 5) is 27.6. The summed E-state index contributed by atoms with van der Waals surface area (Å²) in [5.74, 6) is -1.29. The molecule has 7 heteroatoms. The third-order valence-corrected chi connectivity index (χ3v) is 5.01. The number of carboxylic acid groups (broad SMARTS) is 1. The van der Waals surface area contributed by atoms with E-state index in [2.05, 4.69) is 17.3 Å². The maximum absolute atomic E-state index is 12.1. The molecule has 0 bridgehead atoms. The van der Waals surface area contributed by atoms with Crippen LogP contribution in [-0.2, 0) is 4.79 Å². The quantitative estimate of drug-likeness (QED) is 0.739. The van der Waals surface area contributed by atoms with Gasteiger partial charge in [-0.3, -0.25) is 9.69 Å². The van der Waals surface area contributed by atoms with E-state index in [0.717, 1.165) is 13.1 Å². The zero-order chi connectivity index (χ0) is 18.4. The summed E-state index contributed by atoms with van der Waals surface area (Å²) in [5, 5.41) is 11.9. The monoisotopic (exact) mass is 367 g/mol. The predicted molar refractivity (Wildman–Crippen MR) is 99.4 cm³/mol. The van der Waals surface area contributed by atoms with Gasteiger partial charge >= 0.3 is 5.97 Å². The number of carbonyl (C=O) groups excluding carboxylic acids is 1. The van der Waals surface area contributed by atoms with Crippen molar-refractivity contribution in [1.82, 2.24) is 9.80 Å². The Morgan fingerprint density at radius 3 is 2.56 bits per heavy atom. The minimum absolute atomic E-state index is 0.0222. The molecule has 2 N–H and O–H groups in total. The molecule has 0 saturated heterocycles. The molecule has 0 heterocycles. The molecule has 0 unspecified atom stereocenters. The summed E-state index contributed by atoms with van der Waals surface area (Å²) < 4.78 is 0. The first-order valence-corrected chi connectivity index (χ1v) is 8.96. The van der Waals surface area contributed by atoms with E-state index in [-0.39, 0.29) is 23.0 Å². The second-order valence-corrected chi connectivity index (χ2v) is 7.11. The van der Waals surface area contributed by atoms with E-state index >= 15 is 0 Å². The average molecular weight is 368 g/mol. The third-order valence-electron chi connectivity index (χ3n) is 4.68. The lowest BCUT2D eigenvalue weighted by atomic mass is 10.2. The number of anilines is 1. The van der Waals surface area contributed by atoms with Crippen molar-refractivity contribution in [2.75, 3.05) is 39.0 Å². The number of nitrogens with one attached hydrogen (secondary N) is 1. The highest BCUT2D eigenvalue weighted by Gasteiger charge is 2.19. The number of nitrogens with zero attached hydrogens (tertiary/aromatic N) is 2. The van der Waals surface area contributed by atoms with Gasteiger partial charge < -0.3 is 15.3 Å².